The molecular formula is C14H13NO6. The van der Waals surface area contributed by atoms with E-state index in [-0.39, 0.29) is 12.7 Å². The third-order valence-corrected chi connectivity index (χ3v) is 4.08. The average Bonchev–Trinajstić information content (AvgIpc) is 2.92. The summed E-state index contributed by atoms with van der Waals surface area (Å²) < 4.78 is 10.5. The molecule has 0 aromatic heterocycles. The number of nitrogens with one attached hydrogen (secondary N) is 1. The molecule has 7 heteroatoms. The zero-order valence-electron chi connectivity index (χ0n) is 10.8. The van der Waals surface area contributed by atoms with Gasteiger partial charge in [-0.1, -0.05) is 0 Å². The summed E-state index contributed by atoms with van der Waals surface area (Å²) in [7, 11) is 0. The molecule has 0 unspecified atom stereocenters. The summed E-state index contributed by atoms with van der Waals surface area (Å²) in [6.45, 7) is 0.0896. The summed E-state index contributed by atoms with van der Waals surface area (Å²) in [5.74, 6) is 0.631. The van der Waals surface area contributed by atoms with Crippen LogP contribution in [0, 0.1) is 0 Å². The molecule has 110 valence electrons. The Labute approximate surface area is 119 Å². The van der Waals surface area contributed by atoms with Crippen molar-refractivity contribution >= 4 is 11.5 Å². The van der Waals surface area contributed by atoms with Crippen LogP contribution in [0.15, 0.2) is 18.2 Å². The molecule has 0 spiro atoms. The molecule has 1 aromatic rings. The van der Waals surface area contributed by atoms with E-state index in [4.69, 9.17) is 9.47 Å². The van der Waals surface area contributed by atoms with Crippen LogP contribution < -0.4 is 14.8 Å². The second-order valence-corrected chi connectivity index (χ2v) is 5.30. The lowest BCUT2D eigenvalue weighted by Crippen LogP contribution is -2.57. The van der Waals surface area contributed by atoms with Crippen molar-refractivity contribution in [1.29, 1.82) is 0 Å². The van der Waals surface area contributed by atoms with Crippen LogP contribution in [0.3, 0.4) is 0 Å². The zero-order valence-corrected chi connectivity index (χ0v) is 10.8. The van der Waals surface area contributed by atoms with Gasteiger partial charge in [-0.3, -0.25) is 4.79 Å². The molecule has 1 aliphatic carbocycles. The summed E-state index contributed by atoms with van der Waals surface area (Å²) in [4.78, 5) is 12.2. The van der Waals surface area contributed by atoms with Crippen LogP contribution >= 0.6 is 0 Å². The highest BCUT2D eigenvalue weighted by Crippen LogP contribution is 2.41. The van der Waals surface area contributed by atoms with Gasteiger partial charge in [0.15, 0.2) is 11.5 Å². The second kappa shape index (κ2) is 4.20. The van der Waals surface area contributed by atoms with Crippen LogP contribution in [0.5, 0.6) is 11.5 Å². The molecule has 2 heterocycles. The summed E-state index contributed by atoms with van der Waals surface area (Å²) in [5.41, 5.74) is 1.52. The van der Waals surface area contributed by atoms with Gasteiger partial charge in [0.1, 0.15) is 18.3 Å². The number of hydrogen-bond donors (Lipinski definition) is 4. The predicted octanol–water partition coefficient (Wildman–Crippen LogP) is -0.993. The number of rotatable bonds is 0. The van der Waals surface area contributed by atoms with Gasteiger partial charge in [0.05, 0.1) is 11.6 Å². The molecule has 4 rings (SSSR count). The van der Waals surface area contributed by atoms with Crippen molar-refractivity contribution in [2.75, 3.05) is 6.79 Å². The van der Waals surface area contributed by atoms with Crippen molar-refractivity contribution in [3.8, 4) is 11.5 Å². The highest BCUT2D eigenvalue weighted by atomic mass is 16.7. The lowest BCUT2D eigenvalue weighted by atomic mass is 9.79. The number of fused-ring (bicyclic) bond motifs is 4. The zero-order chi connectivity index (χ0) is 14.7. The molecule has 21 heavy (non-hydrogen) atoms. The van der Waals surface area contributed by atoms with E-state index in [0.29, 0.717) is 28.2 Å². The minimum absolute atomic E-state index is 0.0896. The van der Waals surface area contributed by atoms with Crippen LogP contribution in [0.4, 0.5) is 0 Å². The van der Waals surface area contributed by atoms with E-state index in [1.165, 1.54) is 6.08 Å². The average molecular weight is 291 g/mol. The number of aliphatic hydroxyl groups is 3. The molecule has 7 nitrogen and oxygen atoms in total. The summed E-state index contributed by atoms with van der Waals surface area (Å²) in [5, 5.41) is 32.3. The van der Waals surface area contributed by atoms with Gasteiger partial charge in [0.25, 0.3) is 5.91 Å². The number of benzene rings is 1. The molecule has 0 bridgehead atoms. The maximum Gasteiger partial charge on any atom is 0.252 e. The molecule has 0 radical (unpaired) electrons. The van der Waals surface area contributed by atoms with E-state index in [2.05, 4.69) is 5.32 Å². The van der Waals surface area contributed by atoms with Crippen molar-refractivity contribution < 1.29 is 29.6 Å². The van der Waals surface area contributed by atoms with Crippen LogP contribution in [0.25, 0.3) is 5.57 Å². The molecule has 0 saturated carbocycles. The smallest absolute Gasteiger partial charge is 0.252 e. The minimum Gasteiger partial charge on any atom is -0.454 e. The third kappa shape index (κ3) is 1.68. The van der Waals surface area contributed by atoms with E-state index >= 15 is 0 Å². The first kappa shape index (κ1) is 12.6. The number of amides is 1. The first-order valence-corrected chi connectivity index (χ1v) is 6.57. The van der Waals surface area contributed by atoms with Crippen LogP contribution in [-0.2, 0) is 0 Å². The molecule has 4 atom stereocenters. The van der Waals surface area contributed by atoms with E-state index in [9.17, 15) is 20.1 Å². The number of carbonyl (C=O) groups excluding carboxylic acids is 1. The van der Waals surface area contributed by atoms with Gasteiger partial charge in [0, 0.05) is 0 Å². The first-order valence-electron chi connectivity index (χ1n) is 6.57. The molecule has 4 N–H and O–H groups in total. The summed E-state index contributed by atoms with van der Waals surface area (Å²) in [6, 6.07) is 2.48. The minimum atomic E-state index is -1.34. The highest BCUT2D eigenvalue weighted by molar-refractivity contribution is 6.05. The largest absolute Gasteiger partial charge is 0.454 e. The summed E-state index contributed by atoms with van der Waals surface area (Å²) >= 11 is 0. The molecule has 0 fully saturated rings. The van der Waals surface area contributed by atoms with Crippen LogP contribution in [0.1, 0.15) is 15.9 Å². The Morgan fingerprint density at radius 2 is 1.71 bits per heavy atom. The number of carbonyl (C=O) groups is 1. The van der Waals surface area contributed by atoms with Crippen LogP contribution in [-0.4, -0.2) is 52.4 Å². The van der Waals surface area contributed by atoms with Crippen molar-refractivity contribution in [3.63, 3.8) is 0 Å². The van der Waals surface area contributed by atoms with Gasteiger partial charge in [-0.25, -0.2) is 0 Å². The molecule has 0 saturated heterocycles. The molecule has 2 aliphatic heterocycles. The standard InChI is InChI=1S/C14H13NO6/c16-8-1-6-5-2-9-10(21-4-20-9)3-7(5)14(19)15-11(6)13(18)12(8)17/h1-3,8,11-13,16-18H,4H2,(H,15,19)/t8-,11+,12-,13-/m0/s1. The van der Waals surface area contributed by atoms with E-state index < -0.39 is 24.4 Å². The highest BCUT2D eigenvalue weighted by Gasteiger charge is 2.43. The quantitative estimate of drug-likeness (QED) is 0.489. The Bertz CT molecular complexity index is 670. The second-order valence-electron chi connectivity index (χ2n) is 5.30. The first-order chi connectivity index (χ1) is 10.1. The third-order valence-electron chi connectivity index (χ3n) is 4.08. The number of hydrogen-bond acceptors (Lipinski definition) is 6. The van der Waals surface area contributed by atoms with E-state index in [1.54, 1.807) is 12.1 Å². The van der Waals surface area contributed by atoms with Crippen molar-refractivity contribution in [2.45, 2.75) is 24.4 Å². The van der Waals surface area contributed by atoms with Gasteiger partial charge >= 0.3 is 0 Å². The number of ether oxygens (including phenoxy) is 2. The fourth-order valence-electron chi connectivity index (χ4n) is 2.98. The van der Waals surface area contributed by atoms with Gasteiger partial charge in [-0.15, -0.1) is 0 Å². The Morgan fingerprint density at radius 3 is 2.43 bits per heavy atom. The topological polar surface area (TPSA) is 108 Å². The molecule has 1 amide bonds. The van der Waals surface area contributed by atoms with E-state index in [0.717, 1.165) is 0 Å². The van der Waals surface area contributed by atoms with Gasteiger partial charge in [0.2, 0.25) is 6.79 Å². The molecular weight excluding hydrogens is 278 g/mol. The van der Waals surface area contributed by atoms with Gasteiger partial charge in [-0.2, -0.15) is 0 Å². The lowest BCUT2D eigenvalue weighted by molar-refractivity contribution is -0.0534. The Morgan fingerprint density at radius 1 is 1.05 bits per heavy atom. The fourth-order valence-corrected chi connectivity index (χ4v) is 2.98. The number of aliphatic hydroxyl groups excluding tert-OH is 3. The molecule has 1 aromatic carbocycles. The van der Waals surface area contributed by atoms with Gasteiger partial charge in [-0.05, 0) is 29.3 Å². The Kier molecular flexibility index (Phi) is 2.53. The fraction of sp³-hybridized carbons (Fsp3) is 0.357. The lowest BCUT2D eigenvalue weighted by Gasteiger charge is -2.39. The normalized spacial score (nSPS) is 32.9. The SMILES string of the molecule is O=C1N[C@@H]2C(=C[C@H](O)[C@H](O)[C@H]2O)c2cc3c(cc21)OCO3. The monoisotopic (exact) mass is 291 g/mol. The summed E-state index contributed by atoms with van der Waals surface area (Å²) in [6.07, 6.45) is -2.36. The predicted molar refractivity (Wildman–Crippen MR) is 69.8 cm³/mol. The van der Waals surface area contributed by atoms with E-state index in [1.807, 2.05) is 0 Å². The van der Waals surface area contributed by atoms with Crippen LogP contribution in [0.2, 0.25) is 0 Å². The Balaban J connectivity index is 1.90. The van der Waals surface area contributed by atoms with Gasteiger partial charge < -0.3 is 30.1 Å². The van der Waals surface area contributed by atoms with Crippen molar-refractivity contribution in [1.82, 2.24) is 5.32 Å². The Hall–Kier alpha value is -2.09. The maximum absolute atomic E-state index is 12.2. The van der Waals surface area contributed by atoms with Crippen molar-refractivity contribution in [2.24, 2.45) is 0 Å². The van der Waals surface area contributed by atoms with Crippen molar-refractivity contribution in [3.05, 3.63) is 29.3 Å². The maximum atomic E-state index is 12.2. The molecule has 3 aliphatic rings.